The van der Waals surface area contributed by atoms with Crippen molar-refractivity contribution in [3.05, 3.63) is 59.8 Å². The predicted molar refractivity (Wildman–Crippen MR) is 113 cm³/mol. The van der Waals surface area contributed by atoms with E-state index >= 15 is 0 Å². The van der Waals surface area contributed by atoms with Crippen LogP contribution in [0, 0.1) is 5.82 Å². The fraction of sp³-hybridized carbons (Fsp3) is 0.238. The molecule has 30 heavy (non-hydrogen) atoms. The summed E-state index contributed by atoms with van der Waals surface area (Å²) < 4.78 is 31.9. The van der Waals surface area contributed by atoms with Gasteiger partial charge in [-0.25, -0.2) is 9.37 Å². The molecule has 2 aromatic carbocycles. The van der Waals surface area contributed by atoms with Crippen LogP contribution in [-0.4, -0.2) is 42.5 Å². The zero-order valence-electron chi connectivity index (χ0n) is 16.6. The van der Waals surface area contributed by atoms with Gasteiger partial charge < -0.3 is 19.5 Å². The summed E-state index contributed by atoms with van der Waals surface area (Å²) >= 11 is 1.44. The fourth-order valence-corrected chi connectivity index (χ4v) is 4.62. The smallest absolute Gasteiger partial charge is 0.235 e. The Bertz CT molecular complexity index is 1080. The largest absolute Gasteiger partial charge is 0.493 e. The average molecular weight is 429 g/mol. The zero-order chi connectivity index (χ0) is 21.3. The lowest BCUT2D eigenvalue weighted by atomic mass is 10.1. The maximum Gasteiger partial charge on any atom is 0.235 e. The number of hydrogen-bond acceptors (Lipinski definition) is 6. The number of imidazole rings is 1. The number of carbonyl (C=O) groups excluding carboxylic acids is 1. The van der Waals surface area contributed by atoms with E-state index in [1.54, 1.807) is 45.9 Å². The third-order valence-corrected chi connectivity index (χ3v) is 6.05. The molecular weight excluding hydrogens is 409 g/mol. The minimum absolute atomic E-state index is 0.146. The van der Waals surface area contributed by atoms with Crippen LogP contribution in [0.25, 0.3) is 5.69 Å². The lowest BCUT2D eigenvalue weighted by Gasteiger charge is -2.22. The monoisotopic (exact) mass is 429 g/mol. The van der Waals surface area contributed by atoms with Gasteiger partial charge in [-0.05, 0) is 36.4 Å². The van der Waals surface area contributed by atoms with Crippen LogP contribution in [0.3, 0.4) is 0 Å². The number of nitrogens with one attached hydrogen (secondary N) is 1. The lowest BCUT2D eigenvalue weighted by Crippen LogP contribution is -2.12. The number of benzene rings is 2. The Kier molecular flexibility index (Phi) is 5.54. The number of aromatic nitrogens is 2. The van der Waals surface area contributed by atoms with Gasteiger partial charge >= 0.3 is 0 Å². The van der Waals surface area contributed by atoms with Crippen molar-refractivity contribution in [1.82, 2.24) is 9.55 Å². The molecule has 0 fully saturated rings. The van der Waals surface area contributed by atoms with Gasteiger partial charge in [-0.15, -0.1) is 11.8 Å². The average Bonchev–Trinajstić information content (AvgIpc) is 3.09. The summed E-state index contributed by atoms with van der Waals surface area (Å²) in [6.07, 6.45) is 1.62. The summed E-state index contributed by atoms with van der Waals surface area (Å²) in [5, 5.41) is 2.55. The number of fused-ring (bicyclic) bond motifs is 1. The molecule has 9 heteroatoms. The number of ether oxygens (including phenoxy) is 3. The molecule has 1 N–H and O–H groups in total. The highest BCUT2D eigenvalue weighted by molar-refractivity contribution is 8.00. The van der Waals surface area contributed by atoms with E-state index in [2.05, 4.69) is 10.3 Å². The summed E-state index contributed by atoms with van der Waals surface area (Å²) in [7, 11) is 4.66. The second-order valence-electron chi connectivity index (χ2n) is 6.49. The fourth-order valence-electron chi connectivity index (χ4n) is 3.49. The van der Waals surface area contributed by atoms with Gasteiger partial charge in [0.25, 0.3) is 0 Å². The van der Waals surface area contributed by atoms with Crippen LogP contribution in [0.2, 0.25) is 0 Å². The molecule has 2 heterocycles. The Morgan fingerprint density at radius 2 is 1.80 bits per heavy atom. The van der Waals surface area contributed by atoms with E-state index in [9.17, 15) is 9.18 Å². The predicted octanol–water partition coefficient (Wildman–Crippen LogP) is 3.81. The molecule has 0 bridgehead atoms. The van der Waals surface area contributed by atoms with E-state index in [1.165, 1.54) is 23.9 Å². The first-order valence-corrected chi connectivity index (χ1v) is 10.2. The van der Waals surface area contributed by atoms with Gasteiger partial charge in [0.15, 0.2) is 17.3 Å². The summed E-state index contributed by atoms with van der Waals surface area (Å²) in [6.45, 7) is 0. The van der Waals surface area contributed by atoms with Crippen molar-refractivity contribution < 1.29 is 23.4 Å². The first kappa shape index (κ1) is 20.1. The van der Waals surface area contributed by atoms with Crippen molar-refractivity contribution in [3.63, 3.8) is 0 Å². The summed E-state index contributed by atoms with van der Waals surface area (Å²) in [5.41, 5.74) is 2.29. The van der Waals surface area contributed by atoms with Crippen LogP contribution >= 0.6 is 11.8 Å². The molecule has 1 aromatic heterocycles. The molecule has 156 valence electrons. The Balaban J connectivity index is 1.92. The molecule has 3 aromatic rings. The van der Waals surface area contributed by atoms with E-state index < -0.39 is 0 Å². The van der Waals surface area contributed by atoms with Gasteiger partial charge in [-0.2, -0.15) is 0 Å². The quantitative estimate of drug-likeness (QED) is 0.665. The first-order chi connectivity index (χ1) is 14.6. The number of carbonyl (C=O) groups is 1. The second kappa shape index (κ2) is 8.27. The summed E-state index contributed by atoms with van der Waals surface area (Å²) in [6, 6.07) is 9.79. The molecule has 0 spiro atoms. The number of anilines is 1. The van der Waals surface area contributed by atoms with Crippen LogP contribution < -0.4 is 19.5 Å². The molecule has 0 saturated carbocycles. The molecule has 4 rings (SSSR count). The Morgan fingerprint density at radius 1 is 1.07 bits per heavy atom. The number of thioether (sulfide) groups is 1. The maximum absolute atomic E-state index is 13.5. The second-order valence-corrected chi connectivity index (χ2v) is 7.58. The van der Waals surface area contributed by atoms with Crippen LogP contribution in [-0.2, 0) is 4.79 Å². The van der Waals surface area contributed by atoms with Crippen molar-refractivity contribution in [3.8, 4) is 22.9 Å². The van der Waals surface area contributed by atoms with E-state index in [1.807, 2.05) is 10.6 Å². The Hall–Kier alpha value is -3.20. The van der Waals surface area contributed by atoms with E-state index in [0.717, 1.165) is 16.9 Å². The molecular formula is C21H20FN3O4S. The topological polar surface area (TPSA) is 74.6 Å². The zero-order valence-corrected chi connectivity index (χ0v) is 17.5. The molecule has 7 nitrogen and oxygen atoms in total. The molecule has 1 atom stereocenters. The van der Waals surface area contributed by atoms with Crippen molar-refractivity contribution in [2.75, 3.05) is 32.4 Å². The molecule has 1 aliphatic heterocycles. The number of rotatable bonds is 5. The van der Waals surface area contributed by atoms with Gasteiger partial charge in [-0.1, -0.05) is 0 Å². The van der Waals surface area contributed by atoms with Gasteiger partial charge in [0.05, 0.1) is 38.0 Å². The lowest BCUT2D eigenvalue weighted by molar-refractivity contribution is -0.113. The van der Waals surface area contributed by atoms with Gasteiger partial charge in [-0.3, -0.25) is 9.36 Å². The summed E-state index contributed by atoms with van der Waals surface area (Å²) in [5.74, 6) is 1.74. The highest BCUT2D eigenvalue weighted by Crippen LogP contribution is 2.50. The SMILES string of the molecule is COc1ccc(C2SCC(=O)Nc3ncn(-c4ccc(F)cc4)c32)c(OC)c1OC. The molecule has 0 saturated heterocycles. The minimum atomic E-state index is -0.328. The highest BCUT2D eigenvalue weighted by Gasteiger charge is 2.32. The van der Waals surface area contributed by atoms with Crippen molar-refractivity contribution in [1.29, 1.82) is 0 Å². The third kappa shape index (κ3) is 3.45. The maximum atomic E-state index is 13.5. The van der Waals surface area contributed by atoms with Crippen LogP contribution in [0.4, 0.5) is 10.2 Å². The van der Waals surface area contributed by atoms with E-state index in [4.69, 9.17) is 14.2 Å². The number of hydrogen-bond donors (Lipinski definition) is 1. The van der Waals surface area contributed by atoms with Crippen LogP contribution in [0.1, 0.15) is 16.5 Å². The van der Waals surface area contributed by atoms with Gasteiger partial charge in [0.1, 0.15) is 12.1 Å². The number of methoxy groups -OCH3 is 3. The van der Waals surface area contributed by atoms with Gasteiger partial charge in [0.2, 0.25) is 11.7 Å². The Morgan fingerprint density at radius 3 is 2.47 bits per heavy atom. The highest BCUT2D eigenvalue weighted by atomic mass is 32.2. The molecule has 1 aliphatic rings. The normalized spacial score (nSPS) is 15.7. The van der Waals surface area contributed by atoms with Gasteiger partial charge in [0, 0.05) is 11.3 Å². The molecule has 1 amide bonds. The molecule has 0 radical (unpaired) electrons. The Labute approximate surface area is 177 Å². The molecule has 1 unspecified atom stereocenters. The summed E-state index contributed by atoms with van der Waals surface area (Å²) in [4.78, 5) is 16.7. The van der Waals surface area contributed by atoms with Crippen LogP contribution in [0.15, 0.2) is 42.7 Å². The first-order valence-electron chi connectivity index (χ1n) is 9.10. The minimum Gasteiger partial charge on any atom is -0.493 e. The van der Waals surface area contributed by atoms with Crippen molar-refractivity contribution >= 4 is 23.5 Å². The molecule has 0 aliphatic carbocycles. The number of amides is 1. The van der Waals surface area contributed by atoms with Crippen molar-refractivity contribution in [2.45, 2.75) is 5.25 Å². The van der Waals surface area contributed by atoms with Crippen LogP contribution in [0.5, 0.6) is 17.2 Å². The third-order valence-electron chi connectivity index (χ3n) is 4.81. The number of halogens is 1. The van der Waals surface area contributed by atoms with E-state index in [-0.39, 0.29) is 22.7 Å². The number of nitrogens with zero attached hydrogens (tertiary/aromatic N) is 2. The van der Waals surface area contributed by atoms with E-state index in [0.29, 0.717) is 23.1 Å². The van der Waals surface area contributed by atoms with Crippen molar-refractivity contribution in [2.24, 2.45) is 0 Å². The standard InChI is InChI=1S/C21H20FN3O4S/c1-27-15-9-8-14(18(28-2)19(15)29-3)20-17-21(24-16(26)10-30-20)23-11-25(17)13-6-4-12(22)5-7-13/h4-9,11,20H,10H2,1-3H3,(H,24,26).